The highest BCUT2D eigenvalue weighted by atomic mass is 35.5. The number of nitrogens with one attached hydrogen (secondary N) is 1. The number of aromatic nitrogens is 2. The molecule has 1 unspecified atom stereocenters. The molecular formula is C15H21ClN4O. The van der Waals surface area contributed by atoms with Crippen LogP contribution in [0.25, 0.3) is 5.69 Å². The molecule has 0 bridgehead atoms. The Hall–Kier alpha value is -1.85. The maximum Gasteiger partial charge on any atom is 0.228 e. The van der Waals surface area contributed by atoms with E-state index in [4.69, 9.17) is 5.73 Å². The number of hydrogen-bond acceptors (Lipinski definition) is 3. The molecule has 1 aromatic carbocycles. The molecule has 21 heavy (non-hydrogen) atoms. The highest BCUT2D eigenvalue weighted by molar-refractivity contribution is 5.93. The number of carbonyl (C=O) groups excluding carboxylic acids is 1. The predicted octanol–water partition coefficient (Wildman–Crippen LogP) is 2.44. The van der Waals surface area contributed by atoms with Gasteiger partial charge in [-0.3, -0.25) is 4.79 Å². The van der Waals surface area contributed by atoms with Crippen molar-refractivity contribution in [1.29, 1.82) is 0 Å². The lowest BCUT2D eigenvalue weighted by Gasteiger charge is -2.10. The van der Waals surface area contributed by atoms with Crippen LogP contribution in [-0.4, -0.2) is 22.2 Å². The van der Waals surface area contributed by atoms with E-state index in [1.807, 2.05) is 55.8 Å². The van der Waals surface area contributed by atoms with Gasteiger partial charge in [-0.2, -0.15) is 5.10 Å². The van der Waals surface area contributed by atoms with Crippen molar-refractivity contribution in [3.63, 3.8) is 0 Å². The van der Waals surface area contributed by atoms with Crippen molar-refractivity contribution in [2.45, 2.75) is 20.8 Å². The van der Waals surface area contributed by atoms with Crippen LogP contribution >= 0.6 is 12.4 Å². The third-order valence-electron chi connectivity index (χ3n) is 3.34. The zero-order valence-corrected chi connectivity index (χ0v) is 13.3. The van der Waals surface area contributed by atoms with Gasteiger partial charge >= 0.3 is 0 Å². The van der Waals surface area contributed by atoms with Crippen molar-refractivity contribution >= 4 is 24.0 Å². The third kappa shape index (κ3) is 3.62. The molecule has 6 heteroatoms. The zero-order valence-electron chi connectivity index (χ0n) is 12.5. The van der Waals surface area contributed by atoms with Gasteiger partial charge in [0.05, 0.1) is 22.8 Å². The van der Waals surface area contributed by atoms with E-state index in [0.717, 1.165) is 22.8 Å². The lowest BCUT2D eigenvalue weighted by Crippen LogP contribution is -2.27. The van der Waals surface area contributed by atoms with Gasteiger partial charge in [0.2, 0.25) is 5.91 Å². The summed E-state index contributed by atoms with van der Waals surface area (Å²) in [6.07, 6.45) is 0. The number of anilines is 1. The van der Waals surface area contributed by atoms with Crippen LogP contribution in [0.15, 0.2) is 30.3 Å². The Balaban J connectivity index is 0.00000220. The summed E-state index contributed by atoms with van der Waals surface area (Å²) < 4.78 is 1.83. The van der Waals surface area contributed by atoms with E-state index in [-0.39, 0.29) is 24.2 Å². The number of carbonyl (C=O) groups is 1. The Morgan fingerprint density at radius 2 is 1.95 bits per heavy atom. The first kappa shape index (κ1) is 17.2. The van der Waals surface area contributed by atoms with Gasteiger partial charge < -0.3 is 11.1 Å². The first-order valence-electron chi connectivity index (χ1n) is 6.67. The number of halogens is 1. The van der Waals surface area contributed by atoms with E-state index < -0.39 is 0 Å². The number of nitrogens with zero attached hydrogens (tertiary/aromatic N) is 2. The smallest absolute Gasteiger partial charge is 0.228 e. The minimum absolute atomic E-state index is 0. The van der Waals surface area contributed by atoms with Crippen LogP contribution in [0.3, 0.4) is 0 Å². The number of nitrogens with two attached hydrogens (primary N) is 1. The Bertz CT molecular complexity index is 610. The normalized spacial score (nSPS) is 11.6. The maximum atomic E-state index is 12.0. The van der Waals surface area contributed by atoms with Crippen LogP contribution in [0.1, 0.15) is 18.3 Å². The summed E-state index contributed by atoms with van der Waals surface area (Å²) in [7, 11) is 0. The van der Waals surface area contributed by atoms with Crippen molar-refractivity contribution in [2.24, 2.45) is 11.7 Å². The van der Waals surface area contributed by atoms with Gasteiger partial charge in [-0.25, -0.2) is 4.68 Å². The van der Waals surface area contributed by atoms with Crippen LogP contribution in [0.5, 0.6) is 0 Å². The topological polar surface area (TPSA) is 72.9 Å². The first-order valence-corrected chi connectivity index (χ1v) is 6.67. The van der Waals surface area contributed by atoms with Crippen molar-refractivity contribution in [1.82, 2.24) is 9.78 Å². The van der Waals surface area contributed by atoms with E-state index in [1.165, 1.54) is 0 Å². The van der Waals surface area contributed by atoms with E-state index in [0.29, 0.717) is 6.54 Å². The number of amides is 1. The summed E-state index contributed by atoms with van der Waals surface area (Å²) in [4.78, 5) is 12.0. The summed E-state index contributed by atoms with van der Waals surface area (Å²) in [6.45, 7) is 5.96. The fraction of sp³-hybridized carbons (Fsp3) is 0.333. The van der Waals surface area contributed by atoms with Gasteiger partial charge in [-0.1, -0.05) is 25.1 Å². The van der Waals surface area contributed by atoms with E-state index in [9.17, 15) is 4.79 Å². The molecule has 0 fully saturated rings. The molecule has 0 saturated heterocycles. The average molecular weight is 309 g/mol. The molecule has 1 atom stereocenters. The molecule has 0 spiro atoms. The molecule has 1 heterocycles. The fourth-order valence-corrected chi connectivity index (χ4v) is 2.00. The van der Waals surface area contributed by atoms with Gasteiger partial charge in [0.15, 0.2) is 0 Å². The standard InChI is InChI=1S/C15H20N4O.ClH/c1-10(9-16)15(20)17-14-11(2)18-19(12(14)3)13-7-5-4-6-8-13;/h4-8,10H,9,16H2,1-3H3,(H,17,20);1H. The quantitative estimate of drug-likeness (QED) is 0.911. The highest BCUT2D eigenvalue weighted by Gasteiger charge is 2.17. The third-order valence-corrected chi connectivity index (χ3v) is 3.34. The number of hydrogen-bond donors (Lipinski definition) is 2. The molecule has 5 nitrogen and oxygen atoms in total. The Kier molecular flexibility index (Phi) is 5.93. The highest BCUT2D eigenvalue weighted by Crippen LogP contribution is 2.23. The van der Waals surface area contributed by atoms with Gasteiger partial charge in [0.25, 0.3) is 0 Å². The van der Waals surface area contributed by atoms with Gasteiger partial charge in [-0.15, -0.1) is 12.4 Å². The molecular weight excluding hydrogens is 288 g/mol. The molecule has 0 aliphatic heterocycles. The summed E-state index contributed by atoms with van der Waals surface area (Å²) in [5, 5.41) is 7.41. The van der Waals surface area contributed by atoms with Crippen molar-refractivity contribution in [3.05, 3.63) is 41.7 Å². The Morgan fingerprint density at radius 1 is 1.33 bits per heavy atom. The van der Waals surface area contributed by atoms with Crippen molar-refractivity contribution in [2.75, 3.05) is 11.9 Å². The van der Waals surface area contributed by atoms with Crippen LogP contribution in [-0.2, 0) is 4.79 Å². The van der Waals surface area contributed by atoms with Gasteiger partial charge in [-0.05, 0) is 26.0 Å². The van der Waals surface area contributed by atoms with E-state index in [1.54, 1.807) is 0 Å². The molecule has 2 aromatic rings. The summed E-state index contributed by atoms with van der Waals surface area (Å²) in [6, 6.07) is 9.84. The molecule has 1 amide bonds. The number of para-hydroxylation sites is 1. The average Bonchev–Trinajstić information content (AvgIpc) is 2.75. The largest absolute Gasteiger partial charge is 0.330 e. The lowest BCUT2D eigenvalue weighted by molar-refractivity contribution is -0.119. The second-order valence-electron chi connectivity index (χ2n) is 4.92. The molecule has 114 valence electrons. The summed E-state index contributed by atoms with van der Waals surface area (Å²) >= 11 is 0. The minimum Gasteiger partial charge on any atom is -0.330 e. The summed E-state index contributed by atoms with van der Waals surface area (Å²) in [5.41, 5.74) is 8.96. The molecule has 1 aromatic heterocycles. The SMILES string of the molecule is Cc1nn(-c2ccccc2)c(C)c1NC(=O)C(C)CN.Cl. The Morgan fingerprint density at radius 3 is 2.52 bits per heavy atom. The van der Waals surface area contributed by atoms with E-state index in [2.05, 4.69) is 10.4 Å². The maximum absolute atomic E-state index is 12.0. The lowest BCUT2D eigenvalue weighted by atomic mass is 10.1. The molecule has 3 N–H and O–H groups in total. The summed E-state index contributed by atoms with van der Waals surface area (Å²) in [5.74, 6) is -0.291. The fourth-order valence-electron chi connectivity index (χ4n) is 2.00. The number of rotatable bonds is 4. The van der Waals surface area contributed by atoms with Crippen molar-refractivity contribution in [3.8, 4) is 5.69 Å². The molecule has 2 rings (SSSR count). The minimum atomic E-state index is -0.214. The second kappa shape index (κ2) is 7.24. The van der Waals surface area contributed by atoms with Crippen LogP contribution in [0.2, 0.25) is 0 Å². The predicted molar refractivity (Wildman–Crippen MR) is 87.1 cm³/mol. The van der Waals surface area contributed by atoms with Crippen LogP contribution in [0.4, 0.5) is 5.69 Å². The van der Waals surface area contributed by atoms with Crippen LogP contribution < -0.4 is 11.1 Å². The van der Waals surface area contributed by atoms with Gasteiger partial charge in [0, 0.05) is 12.5 Å². The monoisotopic (exact) mass is 308 g/mol. The Labute approximate surface area is 130 Å². The zero-order chi connectivity index (χ0) is 14.7. The molecule has 0 aliphatic rings. The second-order valence-corrected chi connectivity index (χ2v) is 4.92. The molecule has 0 aliphatic carbocycles. The van der Waals surface area contributed by atoms with Crippen molar-refractivity contribution < 1.29 is 4.79 Å². The number of benzene rings is 1. The van der Waals surface area contributed by atoms with Gasteiger partial charge in [0.1, 0.15) is 0 Å². The molecule has 0 saturated carbocycles. The van der Waals surface area contributed by atoms with E-state index >= 15 is 0 Å². The van der Waals surface area contributed by atoms with Crippen LogP contribution in [0, 0.1) is 19.8 Å². The first-order chi connectivity index (χ1) is 9.54. The number of aryl methyl sites for hydroxylation is 1. The molecule has 0 radical (unpaired) electrons.